The Bertz CT molecular complexity index is 3050. The fourth-order valence-electron chi connectivity index (χ4n) is 8.30. The molecule has 352 valence electrons. The highest BCUT2D eigenvalue weighted by molar-refractivity contribution is 7.90. The van der Waals surface area contributed by atoms with Gasteiger partial charge in [-0.1, -0.05) is 60.1 Å². The molecule has 4 aromatic carbocycles. The number of amides is 1. The largest absolute Gasteiger partial charge is 0.496 e. The summed E-state index contributed by atoms with van der Waals surface area (Å²) in [6, 6.07) is 25.1. The molecule has 68 heavy (non-hydrogen) atoms. The Labute approximate surface area is 399 Å². The molecule has 1 atom stereocenters. The van der Waals surface area contributed by atoms with Gasteiger partial charge in [-0.15, -0.1) is 0 Å². The van der Waals surface area contributed by atoms with E-state index in [2.05, 4.69) is 42.0 Å². The maximum Gasteiger partial charge on any atom is 0.256 e. The zero-order valence-corrected chi connectivity index (χ0v) is 39.4. The van der Waals surface area contributed by atoms with Gasteiger partial charge < -0.3 is 24.4 Å². The summed E-state index contributed by atoms with van der Waals surface area (Å²) in [5.74, 6) is 1.16. The lowest BCUT2D eigenvalue weighted by Crippen LogP contribution is -2.45. The number of methoxy groups -OCH3 is 1. The summed E-state index contributed by atoms with van der Waals surface area (Å²) in [5, 5.41) is 7.67. The molecule has 2 N–H and O–H groups in total. The smallest absolute Gasteiger partial charge is 0.256 e. The zero-order chi connectivity index (χ0) is 47.4. The number of rotatable bonds is 18. The van der Waals surface area contributed by atoms with Gasteiger partial charge in [0.05, 0.1) is 28.6 Å². The van der Waals surface area contributed by atoms with Crippen LogP contribution in [0.5, 0.6) is 17.2 Å². The molecule has 1 saturated carbocycles. The molecule has 1 amide bonds. The summed E-state index contributed by atoms with van der Waals surface area (Å²) in [4.78, 5) is 32.9. The number of sulfonamides is 1. The maximum absolute atomic E-state index is 14.4. The predicted octanol–water partition coefficient (Wildman–Crippen LogP) is 7.47. The molecule has 2 aliphatic rings. The van der Waals surface area contributed by atoms with E-state index in [1.807, 2.05) is 61.5 Å². The molecule has 15 nitrogen and oxygen atoms in total. The van der Waals surface area contributed by atoms with Crippen molar-refractivity contribution in [1.82, 2.24) is 39.1 Å². The van der Waals surface area contributed by atoms with Gasteiger partial charge >= 0.3 is 0 Å². The van der Waals surface area contributed by atoms with E-state index in [9.17, 15) is 17.6 Å². The molecular weight excluding hydrogens is 909 g/mol. The summed E-state index contributed by atoms with van der Waals surface area (Å²) in [7, 11) is -0.247. The van der Waals surface area contributed by atoms with Crippen molar-refractivity contribution >= 4 is 38.9 Å². The summed E-state index contributed by atoms with van der Waals surface area (Å²) in [6.45, 7) is 7.12. The lowest BCUT2D eigenvalue weighted by molar-refractivity contribution is -0.120. The quantitative estimate of drug-likeness (QED) is 0.0872. The fraction of sp³-hybridized carbons (Fsp3) is 0.300. The number of benzene rings is 4. The van der Waals surface area contributed by atoms with Crippen molar-refractivity contribution in [1.29, 1.82) is 0 Å². The van der Waals surface area contributed by atoms with E-state index in [4.69, 9.17) is 30.8 Å². The number of fused-ring (bicyclic) bond motifs is 1. The van der Waals surface area contributed by atoms with Gasteiger partial charge in [-0.2, -0.15) is 5.10 Å². The summed E-state index contributed by atoms with van der Waals surface area (Å²) >= 11 is 7.12. The molecule has 1 aliphatic carbocycles. The van der Waals surface area contributed by atoms with Crippen molar-refractivity contribution in [3.63, 3.8) is 0 Å². The van der Waals surface area contributed by atoms with Gasteiger partial charge in [0.25, 0.3) is 5.91 Å². The Balaban J connectivity index is 1.05. The number of nitrogens with one attached hydrogen (secondary N) is 2. The van der Waals surface area contributed by atoms with Crippen LogP contribution in [0.25, 0.3) is 39.2 Å². The first-order chi connectivity index (χ1) is 32.9. The second-order valence-corrected chi connectivity index (χ2v) is 19.3. The van der Waals surface area contributed by atoms with Gasteiger partial charge in [0, 0.05) is 62.7 Å². The Morgan fingerprint density at radius 3 is 2.40 bits per heavy atom. The van der Waals surface area contributed by atoms with E-state index in [0.29, 0.717) is 86.6 Å². The molecule has 9 rings (SSSR count). The molecule has 7 aromatic rings. The van der Waals surface area contributed by atoms with Crippen LogP contribution >= 0.6 is 11.6 Å². The lowest BCUT2D eigenvalue weighted by atomic mass is 9.94. The number of nitrogens with zero attached hydrogens (tertiary/aromatic N) is 7. The molecule has 1 aliphatic heterocycles. The zero-order valence-electron chi connectivity index (χ0n) is 37.9. The number of para-hydroxylation sites is 2. The summed E-state index contributed by atoms with van der Waals surface area (Å²) in [5.41, 5.74) is 5.86. The van der Waals surface area contributed by atoms with E-state index in [1.54, 1.807) is 48.3 Å². The second kappa shape index (κ2) is 20.3. The SMILES string of the molecule is COc1ccccc1-c1nccc(COc2ccccc2CC(Nc2ncnn3cc(-c4ccc(F)cc4)c(-c4ccc(OCCN5CCN(C)CC5)c(Cl)c4C)c23)C(=O)NS(=O)(=O)C2CC2)n1. The number of carbonyl (C=O) groups is 1. The molecule has 1 unspecified atom stereocenters. The minimum Gasteiger partial charge on any atom is -0.496 e. The number of carbonyl (C=O) groups excluding carboxylic acids is 1. The highest BCUT2D eigenvalue weighted by Crippen LogP contribution is 2.44. The van der Waals surface area contributed by atoms with Crippen LogP contribution in [0.2, 0.25) is 5.02 Å². The number of piperazine rings is 1. The molecular formula is C50H51ClFN9O6S. The lowest BCUT2D eigenvalue weighted by Gasteiger charge is -2.32. The third kappa shape index (κ3) is 10.4. The van der Waals surface area contributed by atoms with Crippen LogP contribution in [-0.2, 0) is 27.8 Å². The highest BCUT2D eigenvalue weighted by Gasteiger charge is 2.38. The monoisotopic (exact) mass is 959 g/mol. The first kappa shape index (κ1) is 46.5. The first-order valence-electron chi connectivity index (χ1n) is 22.4. The number of hydrogen-bond acceptors (Lipinski definition) is 13. The van der Waals surface area contributed by atoms with Crippen molar-refractivity contribution in [2.24, 2.45) is 0 Å². The van der Waals surface area contributed by atoms with E-state index < -0.39 is 33.0 Å². The first-order valence-corrected chi connectivity index (χ1v) is 24.3. The van der Waals surface area contributed by atoms with Crippen molar-refractivity contribution in [3.8, 4) is 50.9 Å². The average molecular weight is 961 g/mol. The third-order valence-electron chi connectivity index (χ3n) is 12.3. The minimum absolute atomic E-state index is 0.0134. The maximum atomic E-state index is 14.4. The van der Waals surface area contributed by atoms with Gasteiger partial charge in [-0.3, -0.25) is 14.4 Å². The number of halogens is 2. The molecule has 3 aromatic heterocycles. The Hall–Kier alpha value is -6.66. The van der Waals surface area contributed by atoms with E-state index in [1.165, 1.54) is 18.5 Å². The average Bonchev–Trinajstić information content (AvgIpc) is 4.15. The van der Waals surface area contributed by atoms with Crippen molar-refractivity contribution in [2.75, 3.05) is 58.8 Å². The van der Waals surface area contributed by atoms with Crippen LogP contribution in [-0.4, -0.2) is 113 Å². The van der Waals surface area contributed by atoms with Gasteiger partial charge in [0.2, 0.25) is 10.0 Å². The number of hydrogen-bond donors (Lipinski definition) is 2. The van der Waals surface area contributed by atoms with Crippen LogP contribution in [0.4, 0.5) is 10.2 Å². The highest BCUT2D eigenvalue weighted by atomic mass is 35.5. The van der Waals surface area contributed by atoms with Crippen molar-refractivity contribution in [3.05, 3.63) is 137 Å². The minimum atomic E-state index is -3.96. The van der Waals surface area contributed by atoms with Crippen LogP contribution in [0.3, 0.4) is 0 Å². The summed E-state index contributed by atoms with van der Waals surface area (Å²) < 4.78 is 63.1. The molecule has 18 heteroatoms. The topological polar surface area (TPSA) is 165 Å². The standard InChI is InChI=1S/C50H51ClFN9O6S/c1-32-38(18-19-44(46(32)51)66-27-26-60-24-22-59(2)23-25-60)45-40(33-12-14-35(52)15-13-33)29-61-47(45)49(54-31-55-61)57-41(50(62)58-68(63,64)37-16-17-37)28-34-8-4-6-10-42(34)67-30-36-20-21-53-48(56-36)39-9-5-7-11-43(39)65-3/h4-15,18-21,29,31,37,41H,16-17,22-28,30H2,1-3H3,(H,58,62)(H,54,55,57). The Morgan fingerprint density at radius 1 is 0.882 bits per heavy atom. The molecule has 4 heterocycles. The normalized spacial score (nSPS) is 15.0. The molecule has 1 saturated heterocycles. The van der Waals surface area contributed by atoms with Crippen LogP contribution in [0.15, 0.2) is 110 Å². The van der Waals surface area contributed by atoms with Gasteiger partial charge in [-0.25, -0.2) is 32.3 Å². The number of aromatic nitrogens is 5. The van der Waals surface area contributed by atoms with E-state index in [0.717, 1.165) is 43.9 Å². The molecule has 0 radical (unpaired) electrons. The van der Waals surface area contributed by atoms with Crippen molar-refractivity contribution < 1.29 is 31.8 Å². The van der Waals surface area contributed by atoms with E-state index >= 15 is 0 Å². The fourth-order valence-corrected chi connectivity index (χ4v) is 9.87. The van der Waals surface area contributed by atoms with Crippen LogP contribution < -0.4 is 24.2 Å². The van der Waals surface area contributed by atoms with Gasteiger partial charge in [0.15, 0.2) is 11.6 Å². The molecule has 0 spiro atoms. The van der Waals surface area contributed by atoms with Crippen LogP contribution in [0.1, 0.15) is 29.7 Å². The Kier molecular flexibility index (Phi) is 13.9. The predicted molar refractivity (Wildman–Crippen MR) is 259 cm³/mol. The van der Waals surface area contributed by atoms with Crippen molar-refractivity contribution in [2.45, 2.75) is 44.1 Å². The molecule has 2 fully saturated rings. The van der Waals surface area contributed by atoms with Gasteiger partial charge in [0.1, 0.15) is 54.2 Å². The molecule has 0 bridgehead atoms. The Morgan fingerprint density at radius 2 is 1.63 bits per heavy atom. The van der Waals surface area contributed by atoms with Crippen LogP contribution in [0, 0.1) is 12.7 Å². The number of likely N-dealkylation sites (N-methyl/N-ethyl adjacent to an activating group) is 1. The summed E-state index contributed by atoms with van der Waals surface area (Å²) in [6.07, 6.45) is 5.72. The number of ether oxygens (including phenoxy) is 3. The van der Waals surface area contributed by atoms with E-state index in [-0.39, 0.29) is 18.8 Å². The second-order valence-electron chi connectivity index (χ2n) is 17.0. The van der Waals surface area contributed by atoms with Gasteiger partial charge in [-0.05, 0) is 91.5 Å². The number of anilines is 1. The third-order valence-corrected chi connectivity index (χ3v) is 14.6.